The lowest BCUT2D eigenvalue weighted by molar-refractivity contribution is 0.476. The van der Waals surface area contributed by atoms with Gasteiger partial charge >= 0.3 is 0 Å². The average Bonchev–Trinajstić information content (AvgIpc) is 2.15. The van der Waals surface area contributed by atoms with E-state index in [9.17, 15) is 5.11 Å². The van der Waals surface area contributed by atoms with Crippen LogP contribution in [0.3, 0.4) is 0 Å². The average molecular weight is 267 g/mol. The number of fused-ring (bicyclic) bond motifs is 1. The second-order valence-corrected chi connectivity index (χ2v) is 4.44. The molecule has 1 aromatic heterocycles. The van der Waals surface area contributed by atoms with Crippen LogP contribution in [0.15, 0.2) is 22.9 Å². The van der Waals surface area contributed by atoms with E-state index in [1.165, 1.54) is 0 Å². The zero-order valence-electron chi connectivity index (χ0n) is 8.53. The fourth-order valence-corrected chi connectivity index (χ4v) is 1.94. The van der Waals surface area contributed by atoms with Crippen molar-refractivity contribution in [3.05, 3.63) is 28.6 Å². The zero-order valence-corrected chi connectivity index (χ0v) is 10.1. The molecule has 0 unspecified atom stereocenters. The maximum Gasteiger partial charge on any atom is 0.197 e. The van der Waals surface area contributed by atoms with Crippen molar-refractivity contribution in [3.8, 4) is 5.75 Å². The predicted octanol–water partition coefficient (Wildman–Crippen LogP) is 3.22. The molecule has 1 aromatic carbocycles. The minimum atomic E-state index is 0.225. The van der Waals surface area contributed by atoms with Crippen LogP contribution in [0.2, 0.25) is 0 Å². The molecule has 1 N–H and O–H groups in total. The summed E-state index contributed by atoms with van der Waals surface area (Å²) in [6.07, 6.45) is 0. The van der Waals surface area contributed by atoms with Crippen LogP contribution in [0, 0.1) is 0 Å². The summed E-state index contributed by atoms with van der Waals surface area (Å²) in [4.78, 5) is 8.58. The van der Waals surface area contributed by atoms with Gasteiger partial charge in [-0.15, -0.1) is 0 Å². The summed E-state index contributed by atoms with van der Waals surface area (Å²) in [6, 6.07) is 5.16. The summed E-state index contributed by atoms with van der Waals surface area (Å²) in [6.45, 7) is 4.17. The maximum absolute atomic E-state index is 9.37. The second-order valence-electron chi connectivity index (χ2n) is 3.73. The van der Waals surface area contributed by atoms with Gasteiger partial charge in [-0.1, -0.05) is 13.8 Å². The number of nitrogens with zero attached hydrogens (tertiary/aromatic N) is 2. The van der Waals surface area contributed by atoms with Gasteiger partial charge in [0.2, 0.25) is 0 Å². The second kappa shape index (κ2) is 3.77. The van der Waals surface area contributed by atoms with Crippen LogP contribution in [0.25, 0.3) is 10.9 Å². The minimum Gasteiger partial charge on any atom is -0.508 e. The van der Waals surface area contributed by atoms with E-state index in [0.717, 1.165) is 16.6 Å². The van der Waals surface area contributed by atoms with E-state index < -0.39 is 0 Å². The molecule has 2 aromatic rings. The van der Waals surface area contributed by atoms with E-state index in [0.29, 0.717) is 10.7 Å². The number of aromatic hydroxyl groups is 1. The third-order valence-corrected chi connectivity index (χ3v) is 2.58. The molecule has 2 rings (SSSR count). The summed E-state index contributed by atoms with van der Waals surface area (Å²) in [5.74, 6) is 0.555. The van der Waals surface area contributed by atoms with Crippen molar-refractivity contribution in [3.63, 3.8) is 0 Å². The van der Waals surface area contributed by atoms with Crippen LogP contribution in [0.4, 0.5) is 0 Å². The van der Waals surface area contributed by atoms with Gasteiger partial charge in [0.1, 0.15) is 5.75 Å². The first-order valence-electron chi connectivity index (χ1n) is 4.74. The molecule has 0 aliphatic heterocycles. The molecule has 0 bridgehead atoms. The number of phenols is 1. The van der Waals surface area contributed by atoms with Crippen LogP contribution in [-0.2, 0) is 0 Å². The largest absolute Gasteiger partial charge is 0.508 e. The molecule has 0 amide bonds. The molecular formula is C11H11BrN2O. The molecule has 0 saturated heterocycles. The predicted molar refractivity (Wildman–Crippen MR) is 63.0 cm³/mol. The fourth-order valence-electron chi connectivity index (χ4n) is 1.55. The van der Waals surface area contributed by atoms with E-state index in [4.69, 9.17) is 0 Å². The minimum absolute atomic E-state index is 0.225. The lowest BCUT2D eigenvalue weighted by atomic mass is 10.0. The van der Waals surface area contributed by atoms with Crippen molar-refractivity contribution in [2.24, 2.45) is 0 Å². The Kier molecular flexibility index (Phi) is 2.61. The number of hydrogen-bond donors (Lipinski definition) is 1. The number of halogens is 1. The molecule has 0 aliphatic rings. The molecular weight excluding hydrogens is 256 g/mol. The van der Waals surface area contributed by atoms with Gasteiger partial charge in [-0.25, -0.2) is 9.97 Å². The van der Waals surface area contributed by atoms with Crippen LogP contribution < -0.4 is 0 Å². The summed E-state index contributed by atoms with van der Waals surface area (Å²) in [5, 5.41) is 10.4. The fraction of sp³-hybridized carbons (Fsp3) is 0.273. The van der Waals surface area contributed by atoms with Gasteiger partial charge in [-0.05, 0) is 34.0 Å². The molecule has 78 valence electrons. The molecule has 0 spiro atoms. The van der Waals surface area contributed by atoms with Crippen molar-refractivity contribution < 1.29 is 5.11 Å². The number of benzene rings is 1. The Morgan fingerprint density at radius 3 is 2.67 bits per heavy atom. The normalized spacial score (nSPS) is 11.2. The molecule has 0 aliphatic carbocycles. The first kappa shape index (κ1) is 10.4. The SMILES string of the molecule is CC(C)c1nc(Br)nc2cc(O)ccc12. The first-order valence-corrected chi connectivity index (χ1v) is 5.53. The standard InChI is InChI=1S/C11H11BrN2O/c1-6(2)10-8-4-3-7(15)5-9(8)13-11(12)14-10/h3-6,15H,1-2H3. The van der Waals surface area contributed by atoms with Crippen LogP contribution in [0.1, 0.15) is 25.5 Å². The van der Waals surface area contributed by atoms with Gasteiger partial charge in [-0.3, -0.25) is 0 Å². The molecule has 0 radical (unpaired) electrons. The Labute approximate surface area is 96.3 Å². The van der Waals surface area contributed by atoms with Gasteiger partial charge in [0, 0.05) is 11.5 Å². The zero-order chi connectivity index (χ0) is 11.0. The van der Waals surface area contributed by atoms with Gasteiger partial charge in [-0.2, -0.15) is 0 Å². The third kappa shape index (κ3) is 1.95. The maximum atomic E-state index is 9.37. The highest BCUT2D eigenvalue weighted by Crippen LogP contribution is 2.26. The quantitative estimate of drug-likeness (QED) is 0.807. The molecule has 15 heavy (non-hydrogen) atoms. The first-order chi connectivity index (χ1) is 7.08. The van der Waals surface area contributed by atoms with Crippen molar-refractivity contribution >= 4 is 26.8 Å². The van der Waals surface area contributed by atoms with Crippen molar-refractivity contribution in [2.75, 3.05) is 0 Å². The highest BCUT2D eigenvalue weighted by atomic mass is 79.9. The summed E-state index contributed by atoms with van der Waals surface area (Å²) < 4.78 is 0.560. The Morgan fingerprint density at radius 1 is 1.27 bits per heavy atom. The summed E-state index contributed by atoms with van der Waals surface area (Å²) in [5.41, 5.74) is 1.76. The highest BCUT2D eigenvalue weighted by Gasteiger charge is 2.09. The molecule has 0 fully saturated rings. The van der Waals surface area contributed by atoms with E-state index in [1.807, 2.05) is 6.07 Å². The molecule has 0 atom stereocenters. The van der Waals surface area contributed by atoms with Gasteiger partial charge < -0.3 is 5.11 Å². The number of hydrogen-bond acceptors (Lipinski definition) is 3. The smallest absolute Gasteiger partial charge is 0.197 e. The molecule has 3 nitrogen and oxygen atoms in total. The van der Waals surface area contributed by atoms with Gasteiger partial charge in [0.05, 0.1) is 11.2 Å². The summed E-state index contributed by atoms with van der Waals surface area (Å²) >= 11 is 3.27. The summed E-state index contributed by atoms with van der Waals surface area (Å²) in [7, 11) is 0. The Morgan fingerprint density at radius 2 is 2.00 bits per heavy atom. The molecule has 4 heteroatoms. The van der Waals surface area contributed by atoms with Crippen LogP contribution in [-0.4, -0.2) is 15.1 Å². The number of phenolic OH excluding ortho intramolecular Hbond substituents is 1. The topological polar surface area (TPSA) is 46.0 Å². The van der Waals surface area contributed by atoms with Gasteiger partial charge in [0.15, 0.2) is 4.73 Å². The van der Waals surface area contributed by atoms with Crippen molar-refractivity contribution in [2.45, 2.75) is 19.8 Å². The lowest BCUT2D eigenvalue weighted by Crippen LogP contribution is -1.97. The van der Waals surface area contributed by atoms with Crippen molar-refractivity contribution in [1.82, 2.24) is 9.97 Å². The number of rotatable bonds is 1. The molecule has 0 saturated carbocycles. The van der Waals surface area contributed by atoms with E-state index >= 15 is 0 Å². The Hall–Kier alpha value is -1.16. The van der Waals surface area contributed by atoms with Crippen LogP contribution in [0.5, 0.6) is 5.75 Å². The van der Waals surface area contributed by atoms with Gasteiger partial charge in [0.25, 0.3) is 0 Å². The number of aromatic nitrogens is 2. The Bertz CT molecular complexity index is 506. The van der Waals surface area contributed by atoms with E-state index in [2.05, 4.69) is 39.7 Å². The Balaban J connectivity index is 2.80. The van der Waals surface area contributed by atoms with Crippen molar-refractivity contribution in [1.29, 1.82) is 0 Å². The monoisotopic (exact) mass is 266 g/mol. The third-order valence-electron chi connectivity index (χ3n) is 2.23. The molecule has 1 heterocycles. The van der Waals surface area contributed by atoms with E-state index in [1.54, 1.807) is 12.1 Å². The highest BCUT2D eigenvalue weighted by molar-refractivity contribution is 9.10. The lowest BCUT2D eigenvalue weighted by Gasteiger charge is -2.09. The van der Waals surface area contributed by atoms with E-state index in [-0.39, 0.29) is 5.75 Å². The van der Waals surface area contributed by atoms with Crippen LogP contribution >= 0.6 is 15.9 Å².